The molecule has 1 atom stereocenters. The highest BCUT2D eigenvalue weighted by atomic mass is 16.1. The summed E-state index contributed by atoms with van der Waals surface area (Å²) in [6.07, 6.45) is 8.01. The van der Waals surface area contributed by atoms with Crippen LogP contribution in [0, 0.1) is 5.92 Å². The fourth-order valence-corrected chi connectivity index (χ4v) is 1.38. The first kappa shape index (κ1) is 8.25. The van der Waals surface area contributed by atoms with Crippen LogP contribution in [0.1, 0.15) is 26.7 Å². The standard InChI is InChI=1S/C10H14O/c1-8-5-3-4-6-10(8)7-9(2)11/h3-5,10H,6-7H2,1-2H3. The van der Waals surface area contributed by atoms with Crippen LogP contribution in [0.3, 0.4) is 0 Å². The Morgan fingerprint density at radius 2 is 2.45 bits per heavy atom. The van der Waals surface area contributed by atoms with Crippen LogP contribution in [-0.4, -0.2) is 5.78 Å². The number of hydrogen-bond acceptors (Lipinski definition) is 1. The van der Waals surface area contributed by atoms with Crippen LogP contribution < -0.4 is 0 Å². The summed E-state index contributed by atoms with van der Waals surface area (Å²) in [6, 6.07) is 0. The quantitative estimate of drug-likeness (QED) is 0.591. The molecule has 1 aliphatic rings. The molecule has 0 fully saturated rings. The Morgan fingerprint density at radius 1 is 1.73 bits per heavy atom. The van der Waals surface area contributed by atoms with Crippen LogP contribution in [0.15, 0.2) is 23.8 Å². The molecular formula is C10H14O. The molecule has 11 heavy (non-hydrogen) atoms. The van der Waals surface area contributed by atoms with E-state index in [0.717, 1.165) is 6.42 Å². The van der Waals surface area contributed by atoms with E-state index in [0.29, 0.717) is 12.3 Å². The second kappa shape index (κ2) is 3.51. The summed E-state index contributed by atoms with van der Waals surface area (Å²) in [4.78, 5) is 10.8. The fourth-order valence-electron chi connectivity index (χ4n) is 1.38. The van der Waals surface area contributed by atoms with E-state index in [1.54, 1.807) is 6.92 Å². The van der Waals surface area contributed by atoms with Crippen molar-refractivity contribution in [1.29, 1.82) is 0 Å². The van der Waals surface area contributed by atoms with Gasteiger partial charge in [-0.25, -0.2) is 0 Å². The molecule has 0 radical (unpaired) electrons. The predicted octanol–water partition coefficient (Wildman–Crippen LogP) is 2.49. The van der Waals surface area contributed by atoms with Crippen LogP contribution in [0.4, 0.5) is 0 Å². The molecule has 0 aliphatic heterocycles. The molecule has 0 aromatic carbocycles. The largest absolute Gasteiger partial charge is 0.300 e. The first-order valence-corrected chi connectivity index (χ1v) is 4.03. The van der Waals surface area contributed by atoms with Crippen molar-refractivity contribution in [2.45, 2.75) is 26.7 Å². The molecular weight excluding hydrogens is 136 g/mol. The lowest BCUT2D eigenvalue weighted by Gasteiger charge is -2.16. The van der Waals surface area contributed by atoms with Crippen LogP contribution >= 0.6 is 0 Å². The highest BCUT2D eigenvalue weighted by molar-refractivity contribution is 5.76. The van der Waals surface area contributed by atoms with Gasteiger partial charge in [-0.1, -0.05) is 23.8 Å². The maximum atomic E-state index is 10.8. The van der Waals surface area contributed by atoms with Gasteiger partial charge in [-0.2, -0.15) is 0 Å². The number of rotatable bonds is 2. The predicted molar refractivity (Wildman–Crippen MR) is 46.3 cm³/mol. The SMILES string of the molecule is CC(=O)CC1CC=CC=C1C. The van der Waals surface area contributed by atoms with Gasteiger partial charge in [0.2, 0.25) is 0 Å². The van der Waals surface area contributed by atoms with Crippen LogP contribution in [0.25, 0.3) is 0 Å². The summed E-state index contributed by atoms with van der Waals surface area (Å²) in [5.74, 6) is 0.760. The summed E-state index contributed by atoms with van der Waals surface area (Å²) in [5.41, 5.74) is 1.34. The van der Waals surface area contributed by atoms with Crippen molar-refractivity contribution in [3.63, 3.8) is 0 Å². The zero-order valence-electron chi connectivity index (χ0n) is 7.13. The van der Waals surface area contributed by atoms with E-state index < -0.39 is 0 Å². The average Bonchev–Trinajstić information content (AvgIpc) is 1.93. The number of Topliss-reactive ketones (excluding diaryl/α,β-unsaturated/α-hetero) is 1. The first-order chi connectivity index (χ1) is 5.20. The normalized spacial score (nSPS) is 23.1. The van der Waals surface area contributed by atoms with Gasteiger partial charge in [-0.05, 0) is 26.2 Å². The Morgan fingerprint density at radius 3 is 3.00 bits per heavy atom. The number of allylic oxidation sites excluding steroid dienone is 4. The van der Waals surface area contributed by atoms with Gasteiger partial charge < -0.3 is 4.79 Å². The lowest BCUT2D eigenvalue weighted by atomic mass is 9.89. The second-order valence-electron chi connectivity index (χ2n) is 3.18. The van der Waals surface area contributed by atoms with E-state index in [9.17, 15) is 4.79 Å². The van der Waals surface area contributed by atoms with Crippen molar-refractivity contribution in [2.24, 2.45) is 5.92 Å². The smallest absolute Gasteiger partial charge is 0.130 e. The zero-order chi connectivity index (χ0) is 8.27. The lowest BCUT2D eigenvalue weighted by molar-refractivity contribution is -0.117. The monoisotopic (exact) mass is 150 g/mol. The third-order valence-electron chi connectivity index (χ3n) is 2.09. The molecule has 0 heterocycles. The number of carbonyl (C=O) groups excluding carboxylic acids is 1. The van der Waals surface area contributed by atoms with Crippen molar-refractivity contribution in [1.82, 2.24) is 0 Å². The molecule has 1 rings (SSSR count). The van der Waals surface area contributed by atoms with Crippen LogP contribution in [0.5, 0.6) is 0 Å². The average molecular weight is 150 g/mol. The van der Waals surface area contributed by atoms with Gasteiger partial charge in [-0.3, -0.25) is 0 Å². The molecule has 0 bridgehead atoms. The van der Waals surface area contributed by atoms with Gasteiger partial charge in [0.1, 0.15) is 5.78 Å². The zero-order valence-corrected chi connectivity index (χ0v) is 7.13. The van der Waals surface area contributed by atoms with Gasteiger partial charge in [0.05, 0.1) is 0 Å². The Balaban J connectivity index is 2.54. The minimum Gasteiger partial charge on any atom is -0.300 e. The van der Waals surface area contributed by atoms with Gasteiger partial charge in [0.25, 0.3) is 0 Å². The Hall–Kier alpha value is -0.850. The third kappa shape index (κ3) is 2.34. The number of hydrogen-bond donors (Lipinski definition) is 0. The maximum Gasteiger partial charge on any atom is 0.130 e. The molecule has 0 N–H and O–H groups in total. The van der Waals surface area contributed by atoms with Crippen molar-refractivity contribution in [2.75, 3.05) is 0 Å². The minimum atomic E-state index is 0.290. The van der Waals surface area contributed by atoms with Gasteiger partial charge in [0.15, 0.2) is 0 Å². The molecule has 60 valence electrons. The number of carbonyl (C=O) groups is 1. The maximum absolute atomic E-state index is 10.8. The lowest BCUT2D eigenvalue weighted by Crippen LogP contribution is -2.08. The van der Waals surface area contributed by atoms with E-state index in [1.165, 1.54) is 5.57 Å². The summed E-state index contributed by atoms with van der Waals surface area (Å²) >= 11 is 0. The van der Waals surface area contributed by atoms with Crippen LogP contribution in [0.2, 0.25) is 0 Å². The molecule has 0 aromatic heterocycles. The van der Waals surface area contributed by atoms with Crippen molar-refractivity contribution in [3.05, 3.63) is 23.8 Å². The third-order valence-corrected chi connectivity index (χ3v) is 2.09. The molecule has 1 heteroatoms. The summed E-state index contributed by atoms with van der Waals surface area (Å²) in [5, 5.41) is 0. The highest BCUT2D eigenvalue weighted by Crippen LogP contribution is 2.23. The molecule has 0 spiro atoms. The number of ketones is 1. The van der Waals surface area contributed by atoms with Crippen LogP contribution in [-0.2, 0) is 4.79 Å². The second-order valence-corrected chi connectivity index (χ2v) is 3.18. The molecule has 0 amide bonds. The van der Waals surface area contributed by atoms with E-state index in [2.05, 4.69) is 25.2 Å². The van der Waals surface area contributed by atoms with E-state index >= 15 is 0 Å². The summed E-state index contributed by atoms with van der Waals surface area (Å²) in [7, 11) is 0. The van der Waals surface area contributed by atoms with Crippen molar-refractivity contribution < 1.29 is 4.79 Å². The van der Waals surface area contributed by atoms with Crippen molar-refractivity contribution >= 4 is 5.78 Å². The van der Waals surface area contributed by atoms with Crippen molar-refractivity contribution in [3.8, 4) is 0 Å². The Kier molecular flexibility index (Phi) is 2.64. The Labute approximate surface area is 67.8 Å². The molecule has 1 unspecified atom stereocenters. The summed E-state index contributed by atoms with van der Waals surface area (Å²) in [6.45, 7) is 3.75. The molecule has 0 aromatic rings. The highest BCUT2D eigenvalue weighted by Gasteiger charge is 2.12. The Bertz CT molecular complexity index is 211. The van der Waals surface area contributed by atoms with E-state index in [1.807, 2.05) is 0 Å². The molecule has 1 aliphatic carbocycles. The van der Waals surface area contributed by atoms with E-state index in [-0.39, 0.29) is 5.78 Å². The molecule has 0 saturated heterocycles. The minimum absolute atomic E-state index is 0.290. The molecule has 0 saturated carbocycles. The topological polar surface area (TPSA) is 17.1 Å². The van der Waals surface area contributed by atoms with Gasteiger partial charge in [0, 0.05) is 6.42 Å². The van der Waals surface area contributed by atoms with Gasteiger partial charge in [-0.15, -0.1) is 0 Å². The van der Waals surface area contributed by atoms with E-state index in [4.69, 9.17) is 0 Å². The first-order valence-electron chi connectivity index (χ1n) is 4.03. The molecule has 1 nitrogen and oxygen atoms in total. The fraction of sp³-hybridized carbons (Fsp3) is 0.500. The van der Waals surface area contributed by atoms with Gasteiger partial charge >= 0.3 is 0 Å². The summed E-state index contributed by atoms with van der Waals surface area (Å²) < 4.78 is 0.